The van der Waals surface area contributed by atoms with Gasteiger partial charge >= 0.3 is 0 Å². The van der Waals surface area contributed by atoms with Crippen molar-refractivity contribution in [2.24, 2.45) is 0 Å². The second kappa shape index (κ2) is 10.4. The number of hydrogen-bond acceptors (Lipinski definition) is 4. The topological polar surface area (TPSA) is 60.8 Å². The van der Waals surface area contributed by atoms with Crippen LogP contribution in [0.15, 0.2) is 48.7 Å². The summed E-state index contributed by atoms with van der Waals surface area (Å²) in [5.41, 5.74) is 1.83. The fourth-order valence-corrected chi connectivity index (χ4v) is 4.39. The average Bonchev–Trinajstić information content (AvgIpc) is 3.16. The summed E-state index contributed by atoms with van der Waals surface area (Å²) in [4.78, 5) is 31.7. The van der Waals surface area contributed by atoms with E-state index in [1.54, 1.807) is 39.9 Å². The Hall–Kier alpha value is -3.10. The lowest BCUT2D eigenvalue weighted by atomic mass is 10.1. The third kappa shape index (κ3) is 5.34. The Kier molecular flexibility index (Phi) is 7.38. The Labute approximate surface area is 203 Å². The van der Waals surface area contributed by atoms with E-state index in [9.17, 15) is 14.0 Å². The van der Waals surface area contributed by atoms with Crippen molar-refractivity contribution in [2.75, 3.05) is 58.3 Å². The molecule has 7 nitrogen and oxygen atoms in total. The van der Waals surface area contributed by atoms with Gasteiger partial charge in [-0.05, 0) is 38.4 Å². The number of nitrogens with zero attached hydrogens (tertiary/aromatic N) is 4. The molecule has 2 heterocycles. The van der Waals surface area contributed by atoms with Crippen molar-refractivity contribution in [3.8, 4) is 0 Å². The van der Waals surface area contributed by atoms with Gasteiger partial charge in [-0.15, -0.1) is 0 Å². The highest BCUT2D eigenvalue weighted by Crippen LogP contribution is 2.27. The fraction of sp³-hybridized carbons (Fsp3) is 0.360. The van der Waals surface area contributed by atoms with E-state index in [1.807, 2.05) is 36.0 Å². The van der Waals surface area contributed by atoms with Crippen LogP contribution in [-0.2, 0) is 11.3 Å². The van der Waals surface area contributed by atoms with Gasteiger partial charge in [0.05, 0.1) is 16.8 Å². The van der Waals surface area contributed by atoms with Crippen molar-refractivity contribution in [1.82, 2.24) is 19.7 Å². The van der Waals surface area contributed by atoms with E-state index in [4.69, 9.17) is 11.6 Å². The van der Waals surface area contributed by atoms with Gasteiger partial charge in [-0.2, -0.15) is 0 Å². The average molecular weight is 486 g/mol. The minimum Gasteiger partial charge on any atom is -0.366 e. The molecule has 0 spiro atoms. The van der Waals surface area contributed by atoms with Crippen LogP contribution < -0.4 is 10.2 Å². The number of likely N-dealkylation sites (N-methyl/N-ethyl adjacent to an activating group) is 1. The summed E-state index contributed by atoms with van der Waals surface area (Å²) < 4.78 is 15.9. The molecule has 9 heteroatoms. The molecule has 0 atom stereocenters. The molecule has 0 aliphatic carbocycles. The number of nitrogens with one attached hydrogen (secondary N) is 1. The Balaban J connectivity index is 1.50. The van der Waals surface area contributed by atoms with Crippen LogP contribution in [0.1, 0.15) is 10.4 Å². The van der Waals surface area contributed by atoms with Crippen LogP contribution in [0.2, 0.25) is 5.02 Å². The van der Waals surface area contributed by atoms with Gasteiger partial charge in [0.2, 0.25) is 5.91 Å². The van der Waals surface area contributed by atoms with Crippen molar-refractivity contribution in [3.63, 3.8) is 0 Å². The molecule has 3 aromatic rings. The van der Waals surface area contributed by atoms with Crippen LogP contribution in [0.4, 0.5) is 10.1 Å². The van der Waals surface area contributed by atoms with Gasteiger partial charge in [0.25, 0.3) is 5.91 Å². The fourth-order valence-electron chi connectivity index (χ4n) is 4.22. The zero-order chi connectivity index (χ0) is 24.2. The Bertz CT molecular complexity index is 1190. The quantitative estimate of drug-likeness (QED) is 0.558. The van der Waals surface area contributed by atoms with Gasteiger partial charge in [-0.1, -0.05) is 29.8 Å². The Morgan fingerprint density at radius 1 is 1.09 bits per heavy atom. The first-order valence-electron chi connectivity index (χ1n) is 11.3. The number of rotatable bonds is 7. The van der Waals surface area contributed by atoms with Crippen molar-refractivity contribution >= 4 is 40.0 Å². The summed E-state index contributed by atoms with van der Waals surface area (Å²) in [6.45, 7) is 3.45. The molecule has 1 aliphatic rings. The van der Waals surface area contributed by atoms with Crippen LogP contribution in [0, 0.1) is 5.82 Å². The number of fused-ring (bicyclic) bond motifs is 1. The van der Waals surface area contributed by atoms with Crippen LogP contribution in [0.3, 0.4) is 0 Å². The van der Waals surface area contributed by atoms with Gasteiger partial charge in [-0.25, -0.2) is 4.39 Å². The maximum Gasteiger partial charge on any atom is 0.256 e. The number of para-hydroxylation sites is 1. The van der Waals surface area contributed by atoms with Crippen LogP contribution >= 0.6 is 11.6 Å². The smallest absolute Gasteiger partial charge is 0.256 e. The van der Waals surface area contributed by atoms with E-state index in [2.05, 4.69) is 5.32 Å². The number of halogens is 2. The number of piperazine rings is 1. The lowest BCUT2D eigenvalue weighted by molar-refractivity contribution is -0.121. The van der Waals surface area contributed by atoms with E-state index in [-0.39, 0.29) is 24.2 Å². The molecule has 2 amide bonds. The van der Waals surface area contributed by atoms with Gasteiger partial charge in [0.15, 0.2) is 0 Å². The molecule has 34 heavy (non-hydrogen) atoms. The molecule has 1 aromatic heterocycles. The molecule has 0 unspecified atom stereocenters. The molecule has 1 N–H and O–H groups in total. The molecule has 1 fully saturated rings. The summed E-state index contributed by atoms with van der Waals surface area (Å²) in [6.07, 6.45) is 1.73. The zero-order valence-electron chi connectivity index (χ0n) is 19.4. The molecule has 1 aliphatic heterocycles. The normalized spacial score (nSPS) is 14.1. The first-order chi connectivity index (χ1) is 16.3. The zero-order valence-corrected chi connectivity index (χ0v) is 20.2. The van der Waals surface area contributed by atoms with Gasteiger partial charge in [0.1, 0.15) is 12.4 Å². The van der Waals surface area contributed by atoms with Crippen molar-refractivity contribution in [1.29, 1.82) is 0 Å². The summed E-state index contributed by atoms with van der Waals surface area (Å²) in [5, 5.41) is 4.20. The highest BCUT2D eigenvalue weighted by molar-refractivity contribution is 6.31. The van der Waals surface area contributed by atoms with E-state index in [0.29, 0.717) is 49.0 Å². The molecule has 180 valence electrons. The van der Waals surface area contributed by atoms with Gasteiger partial charge in [0, 0.05) is 55.9 Å². The molecule has 1 saturated heterocycles. The largest absolute Gasteiger partial charge is 0.366 e. The molecule has 0 bridgehead atoms. The Morgan fingerprint density at radius 2 is 1.82 bits per heavy atom. The summed E-state index contributed by atoms with van der Waals surface area (Å²) in [5.74, 6) is -0.491. The maximum atomic E-state index is 14.2. The summed E-state index contributed by atoms with van der Waals surface area (Å²) in [7, 11) is 3.89. The predicted octanol–water partition coefficient (Wildman–Crippen LogP) is 3.07. The highest BCUT2D eigenvalue weighted by atomic mass is 35.5. The first-order valence-corrected chi connectivity index (χ1v) is 11.7. The Morgan fingerprint density at radius 3 is 2.53 bits per heavy atom. The van der Waals surface area contributed by atoms with Crippen LogP contribution in [0.5, 0.6) is 0 Å². The van der Waals surface area contributed by atoms with Gasteiger partial charge < -0.3 is 24.6 Å². The predicted molar refractivity (Wildman–Crippen MR) is 133 cm³/mol. The van der Waals surface area contributed by atoms with Crippen molar-refractivity contribution < 1.29 is 14.0 Å². The maximum absolute atomic E-state index is 14.2. The minimum atomic E-state index is -0.258. The third-order valence-corrected chi connectivity index (χ3v) is 6.26. The van der Waals surface area contributed by atoms with Gasteiger partial charge in [-0.3, -0.25) is 9.59 Å². The number of aromatic nitrogens is 1. The number of anilines is 1. The van der Waals surface area contributed by atoms with Crippen LogP contribution in [-0.4, -0.2) is 79.5 Å². The minimum absolute atomic E-state index is 0.0958. The van der Waals surface area contributed by atoms with Crippen LogP contribution in [0.25, 0.3) is 10.9 Å². The first kappa shape index (κ1) is 24.0. The SMILES string of the molecule is CN(C)CCNC(=O)Cn1cc(C(=O)N2CCN(c3ccccc3F)CC2)c2ccc(Cl)cc21. The molecule has 0 radical (unpaired) electrons. The van der Waals surface area contributed by atoms with E-state index >= 15 is 0 Å². The number of benzene rings is 2. The van der Waals surface area contributed by atoms with E-state index in [0.717, 1.165) is 17.4 Å². The number of amides is 2. The molecular formula is C25H29ClFN5O2. The lowest BCUT2D eigenvalue weighted by Crippen LogP contribution is -2.49. The van der Waals surface area contributed by atoms with E-state index < -0.39 is 0 Å². The summed E-state index contributed by atoms with van der Waals surface area (Å²) >= 11 is 6.22. The monoisotopic (exact) mass is 485 g/mol. The second-order valence-electron chi connectivity index (χ2n) is 8.72. The highest BCUT2D eigenvalue weighted by Gasteiger charge is 2.26. The summed E-state index contributed by atoms with van der Waals surface area (Å²) in [6, 6.07) is 12.0. The standard InChI is InChI=1S/C25H29ClFN5O2/c1-29(2)10-9-28-24(33)17-32-16-20(19-8-7-18(26)15-23(19)32)25(34)31-13-11-30(12-14-31)22-6-4-3-5-21(22)27/h3-8,15-16H,9-14,17H2,1-2H3,(H,28,33). The van der Waals surface area contributed by atoms with Crippen molar-refractivity contribution in [3.05, 3.63) is 65.1 Å². The molecule has 2 aromatic carbocycles. The van der Waals surface area contributed by atoms with E-state index in [1.165, 1.54) is 6.07 Å². The molecule has 0 saturated carbocycles. The number of carbonyl (C=O) groups is 2. The molecule has 4 rings (SSSR count). The number of hydrogen-bond donors (Lipinski definition) is 1. The molecular weight excluding hydrogens is 457 g/mol. The second-order valence-corrected chi connectivity index (χ2v) is 9.15. The third-order valence-electron chi connectivity index (χ3n) is 6.03. The lowest BCUT2D eigenvalue weighted by Gasteiger charge is -2.36. The number of carbonyl (C=O) groups excluding carboxylic acids is 2. The van der Waals surface area contributed by atoms with Crippen molar-refractivity contribution in [2.45, 2.75) is 6.54 Å².